The molecule has 1 N–H and O–H groups in total. The summed E-state index contributed by atoms with van der Waals surface area (Å²) in [4.78, 5) is 14.3. The van der Waals surface area contributed by atoms with E-state index in [0.29, 0.717) is 0 Å². The largest absolute Gasteiger partial charge is 0.359 e. The number of benzene rings is 1. The Morgan fingerprint density at radius 1 is 1.38 bits per heavy atom. The average Bonchev–Trinajstić information content (AvgIpc) is 2.14. The molecule has 1 saturated carbocycles. The summed E-state index contributed by atoms with van der Waals surface area (Å²) in [7, 11) is 2.03. The van der Waals surface area contributed by atoms with Crippen molar-refractivity contribution in [1.82, 2.24) is 0 Å². The maximum absolute atomic E-state index is 12.1. The number of fused-ring (bicyclic) bond motifs is 1. The number of hydrogen-bond donors (Lipinski definition) is 1. The lowest BCUT2D eigenvalue weighted by Gasteiger charge is -2.51. The molecule has 0 unspecified atom stereocenters. The standard InChI is InChI=1S/C13H16N2O/c1-9-4-5-11-10(8-9)14-12(16)13(15(11)2)6-3-7-13/h4-5,8H,3,6-7H2,1-2H3,(H,14,16). The molecule has 1 aromatic carbocycles. The van der Waals surface area contributed by atoms with Crippen molar-refractivity contribution >= 4 is 17.3 Å². The number of likely N-dealkylation sites (N-methyl/N-ethyl adjacent to an activating group) is 1. The fourth-order valence-corrected chi connectivity index (χ4v) is 2.74. The summed E-state index contributed by atoms with van der Waals surface area (Å²) in [6, 6.07) is 6.23. The summed E-state index contributed by atoms with van der Waals surface area (Å²) in [6.07, 6.45) is 3.10. The van der Waals surface area contributed by atoms with E-state index in [4.69, 9.17) is 0 Å². The molecular weight excluding hydrogens is 200 g/mol. The summed E-state index contributed by atoms with van der Waals surface area (Å²) in [6.45, 7) is 2.04. The van der Waals surface area contributed by atoms with Crippen molar-refractivity contribution in [1.29, 1.82) is 0 Å². The van der Waals surface area contributed by atoms with Crippen LogP contribution in [0.3, 0.4) is 0 Å². The lowest BCUT2D eigenvalue weighted by Crippen LogP contribution is -2.62. The molecule has 1 amide bonds. The van der Waals surface area contributed by atoms with Gasteiger partial charge in [-0.25, -0.2) is 0 Å². The van der Waals surface area contributed by atoms with Crippen LogP contribution in [0.15, 0.2) is 18.2 Å². The highest BCUT2D eigenvalue weighted by atomic mass is 16.2. The van der Waals surface area contributed by atoms with Gasteiger partial charge in [0.15, 0.2) is 0 Å². The van der Waals surface area contributed by atoms with Gasteiger partial charge in [-0.2, -0.15) is 0 Å². The summed E-state index contributed by atoms with van der Waals surface area (Å²) < 4.78 is 0. The number of nitrogens with zero attached hydrogens (tertiary/aromatic N) is 1. The number of carbonyl (C=O) groups excluding carboxylic acids is 1. The maximum atomic E-state index is 12.1. The Morgan fingerprint density at radius 2 is 2.12 bits per heavy atom. The van der Waals surface area contributed by atoms with E-state index >= 15 is 0 Å². The molecule has 2 aliphatic rings. The first kappa shape index (κ1) is 9.70. The first-order valence-electron chi connectivity index (χ1n) is 5.79. The molecule has 1 aliphatic heterocycles. The zero-order valence-corrected chi connectivity index (χ0v) is 9.71. The monoisotopic (exact) mass is 216 g/mol. The SMILES string of the molecule is Cc1ccc2c(c1)NC(=O)C1(CCC1)N2C. The molecule has 3 heteroatoms. The van der Waals surface area contributed by atoms with Gasteiger partial charge in [-0.3, -0.25) is 4.79 Å². The van der Waals surface area contributed by atoms with Crippen molar-refractivity contribution in [3.63, 3.8) is 0 Å². The van der Waals surface area contributed by atoms with Gasteiger partial charge in [0, 0.05) is 7.05 Å². The molecule has 1 aliphatic carbocycles. The molecule has 3 nitrogen and oxygen atoms in total. The Balaban J connectivity index is 2.10. The molecule has 0 aromatic heterocycles. The van der Waals surface area contributed by atoms with Gasteiger partial charge >= 0.3 is 0 Å². The van der Waals surface area contributed by atoms with Crippen molar-refractivity contribution in [2.45, 2.75) is 31.7 Å². The van der Waals surface area contributed by atoms with Crippen LogP contribution >= 0.6 is 0 Å². The zero-order valence-electron chi connectivity index (χ0n) is 9.71. The van der Waals surface area contributed by atoms with Crippen LogP contribution in [0.25, 0.3) is 0 Å². The Bertz CT molecular complexity index is 463. The minimum Gasteiger partial charge on any atom is -0.359 e. The molecular formula is C13H16N2O. The summed E-state index contributed by atoms with van der Waals surface area (Å²) in [5.41, 5.74) is 3.01. The van der Waals surface area contributed by atoms with E-state index in [1.807, 2.05) is 20.0 Å². The van der Waals surface area contributed by atoms with Crippen molar-refractivity contribution in [3.05, 3.63) is 23.8 Å². The first-order valence-corrected chi connectivity index (χ1v) is 5.79. The van der Waals surface area contributed by atoms with E-state index in [9.17, 15) is 4.79 Å². The van der Waals surface area contributed by atoms with Gasteiger partial charge in [-0.15, -0.1) is 0 Å². The number of anilines is 2. The molecule has 0 saturated heterocycles. The molecule has 84 valence electrons. The van der Waals surface area contributed by atoms with E-state index in [2.05, 4.69) is 22.3 Å². The summed E-state index contributed by atoms with van der Waals surface area (Å²) in [5.74, 6) is 0.166. The number of rotatable bonds is 0. The van der Waals surface area contributed by atoms with Crippen LogP contribution in [0.1, 0.15) is 24.8 Å². The number of nitrogens with one attached hydrogen (secondary N) is 1. The predicted molar refractivity (Wildman–Crippen MR) is 64.8 cm³/mol. The molecule has 1 aromatic rings. The van der Waals surface area contributed by atoms with Gasteiger partial charge in [0.25, 0.3) is 0 Å². The van der Waals surface area contributed by atoms with E-state index in [-0.39, 0.29) is 11.4 Å². The first-order chi connectivity index (χ1) is 7.63. The van der Waals surface area contributed by atoms with Gasteiger partial charge < -0.3 is 10.2 Å². The quantitative estimate of drug-likeness (QED) is 0.721. The lowest BCUT2D eigenvalue weighted by atomic mass is 9.73. The van der Waals surface area contributed by atoms with Crippen molar-refractivity contribution in [2.75, 3.05) is 17.3 Å². The predicted octanol–water partition coefficient (Wildman–Crippen LogP) is 2.31. The Kier molecular flexibility index (Phi) is 1.82. The molecule has 1 heterocycles. The third-order valence-electron chi connectivity index (χ3n) is 4.01. The fraction of sp³-hybridized carbons (Fsp3) is 0.462. The second-order valence-electron chi connectivity index (χ2n) is 4.92. The number of amides is 1. The molecule has 3 rings (SSSR count). The minimum atomic E-state index is -0.262. The second kappa shape index (κ2) is 3.00. The molecule has 1 spiro atoms. The van der Waals surface area contributed by atoms with Crippen molar-refractivity contribution < 1.29 is 4.79 Å². The van der Waals surface area contributed by atoms with Crippen LogP contribution in [0.2, 0.25) is 0 Å². The number of carbonyl (C=O) groups is 1. The Labute approximate surface area is 95.4 Å². The smallest absolute Gasteiger partial charge is 0.250 e. The highest BCUT2D eigenvalue weighted by Crippen LogP contribution is 2.45. The normalized spacial score (nSPS) is 21.4. The van der Waals surface area contributed by atoms with Crippen LogP contribution in [-0.4, -0.2) is 18.5 Å². The van der Waals surface area contributed by atoms with Crippen LogP contribution in [0.5, 0.6) is 0 Å². The van der Waals surface area contributed by atoms with Crippen molar-refractivity contribution in [2.24, 2.45) is 0 Å². The van der Waals surface area contributed by atoms with Gasteiger partial charge in [0.1, 0.15) is 5.54 Å². The third kappa shape index (κ3) is 1.06. The highest BCUT2D eigenvalue weighted by molar-refractivity contribution is 6.07. The number of hydrogen-bond acceptors (Lipinski definition) is 2. The third-order valence-corrected chi connectivity index (χ3v) is 4.01. The van der Waals surface area contributed by atoms with Gasteiger partial charge in [0.2, 0.25) is 5.91 Å². The fourth-order valence-electron chi connectivity index (χ4n) is 2.74. The zero-order chi connectivity index (χ0) is 11.3. The Morgan fingerprint density at radius 3 is 2.75 bits per heavy atom. The topological polar surface area (TPSA) is 32.3 Å². The molecule has 16 heavy (non-hydrogen) atoms. The second-order valence-corrected chi connectivity index (χ2v) is 4.92. The maximum Gasteiger partial charge on any atom is 0.250 e. The van der Waals surface area contributed by atoms with E-state index < -0.39 is 0 Å². The van der Waals surface area contributed by atoms with Gasteiger partial charge in [-0.1, -0.05) is 6.07 Å². The van der Waals surface area contributed by atoms with Crippen LogP contribution < -0.4 is 10.2 Å². The molecule has 0 bridgehead atoms. The molecule has 1 fully saturated rings. The molecule has 0 atom stereocenters. The van der Waals surface area contributed by atoms with Crippen LogP contribution in [0, 0.1) is 6.92 Å². The average molecular weight is 216 g/mol. The minimum absolute atomic E-state index is 0.166. The van der Waals surface area contributed by atoms with Crippen molar-refractivity contribution in [3.8, 4) is 0 Å². The van der Waals surface area contributed by atoms with E-state index in [1.165, 1.54) is 5.56 Å². The number of aryl methyl sites for hydroxylation is 1. The van der Waals surface area contributed by atoms with E-state index in [1.54, 1.807) is 0 Å². The van der Waals surface area contributed by atoms with Crippen LogP contribution in [0.4, 0.5) is 11.4 Å². The summed E-state index contributed by atoms with van der Waals surface area (Å²) >= 11 is 0. The summed E-state index contributed by atoms with van der Waals surface area (Å²) in [5, 5.41) is 3.04. The lowest BCUT2D eigenvalue weighted by molar-refractivity contribution is -0.124. The van der Waals surface area contributed by atoms with Gasteiger partial charge in [-0.05, 0) is 43.9 Å². The van der Waals surface area contributed by atoms with Gasteiger partial charge in [0.05, 0.1) is 11.4 Å². The van der Waals surface area contributed by atoms with E-state index in [0.717, 1.165) is 30.6 Å². The Hall–Kier alpha value is -1.51. The van der Waals surface area contributed by atoms with Crippen LogP contribution in [-0.2, 0) is 4.79 Å². The molecule has 0 radical (unpaired) electrons. The highest BCUT2D eigenvalue weighted by Gasteiger charge is 2.50.